The number of nitrogens with one attached hydrogen (secondary N) is 1. The van der Waals surface area contributed by atoms with Crippen molar-refractivity contribution >= 4 is 10.9 Å². The Bertz CT molecular complexity index is 1530. The lowest BCUT2D eigenvalue weighted by atomic mass is 10.1. The van der Waals surface area contributed by atoms with Crippen LogP contribution in [0.1, 0.15) is 35.1 Å². The summed E-state index contributed by atoms with van der Waals surface area (Å²) in [5.74, 6) is 1.75. The highest BCUT2D eigenvalue weighted by Crippen LogP contribution is 2.36. The lowest BCUT2D eigenvalue weighted by Crippen LogP contribution is -2.19. The van der Waals surface area contributed by atoms with Crippen LogP contribution in [0.3, 0.4) is 0 Å². The summed E-state index contributed by atoms with van der Waals surface area (Å²) in [5.41, 5.74) is 8.72. The van der Waals surface area contributed by atoms with Crippen LogP contribution in [0, 0.1) is 6.92 Å². The number of hydrogen-bond acceptors (Lipinski definition) is 3. The molecule has 0 radical (unpaired) electrons. The zero-order valence-corrected chi connectivity index (χ0v) is 22.8. The Morgan fingerprint density at radius 3 is 2.23 bits per heavy atom. The van der Waals surface area contributed by atoms with Crippen LogP contribution in [0.15, 0.2) is 97.1 Å². The molecule has 1 heterocycles. The molecule has 0 bridgehead atoms. The molecule has 4 nitrogen and oxygen atoms in total. The van der Waals surface area contributed by atoms with Crippen LogP contribution < -0.4 is 14.8 Å². The number of aromatic nitrogens is 1. The molecule has 1 aliphatic rings. The summed E-state index contributed by atoms with van der Waals surface area (Å²) < 4.78 is 14.1. The summed E-state index contributed by atoms with van der Waals surface area (Å²) in [7, 11) is 1.71. The largest absolute Gasteiger partial charge is 0.497 e. The lowest BCUT2D eigenvalue weighted by molar-refractivity contribution is 0.306. The number of nitrogens with zero attached hydrogens (tertiary/aromatic N) is 1. The molecule has 198 valence electrons. The van der Waals surface area contributed by atoms with Crippen molar-refractivity contribution < 1.29 is 9.47 Å². The van der Waals surface area contributed by atoms with Gasteiger partial charge in [0.2, 0.25) is 0 Å². The van der Waals surface area contributed by atoms with E-state index >= 15 is 0 Å². The minimum Gasteiger partial charge on any atom is -0.497 e. The molecule has 0 atom stereocenters. The molecule has 0 unspecified atom stereocenters. The van der Waals surface area contributed by atoms with Crippen LogP contribution in [0.4, 0.5) is 0 Å². The fraction of sp³-hybridized carbons (Fsp3) is 0.257. The zero-order chi connectivity index (χ0) is 26.6. The maximum atomic E-state index is 6.19. The fourth-order valence-electron chi connectivity index (χ4n) is 5.32. The van der Waals surface area contributed by atoms with Gasteiger partial charge in [-0.3, -0.25) is 0 Å². The molecular weight excluding hydrogens is 480 g/mol. The van der Waals surface area contributed by atoms with Gasteiger partial charge in [0, 0.05) is 23.5 Å². The third kappa shape index (κ3) is 5.86. The van der Waals surface area contributed by atoms with Gasteiger partial charge < -0.3 is 19.4 Å². The van der Waals surface area contributed by atoms with E-state index in [1.54, 1.807) is 7.11 Å². The molecule has 4 heteroatoms. The Morgan fingerprint density at radius 1 is 0.795 bits per heavy atom. The van der Waals surface area contributed by atoms with Crippen LogP contribution in [0.25, 0.3) is 22.2 Å². The first-order valence-corrected chi connectivity index (χ1v) is 13.9. The number of aryl methyl sites for hydroxylation is 1. The van der Waals surface area contributed by atoms with Gasteiger partial charge in [-0.15, -0.1) is 0 Å². The van der Waals surface area contributed by atoms with Crippen molar-refractivity contribution in [2.75, 3.05) is 13.7 Å². The van der Waals surface area contributed by atoms with Gasteiger partial charge in [-0.05, 0) is 103 Å². The molecular formula is C35H36N2O2. The van der Waals surface area contributed by atoms with Crippen molar-refractivity contribution in [2.24, 2.45) is 0 Å². The third-order valence-electron chi connectivity index (χ3n) is 7.69. The molecule has 0 aliphatic heterocycles. The van der Waals surface area contributed by atoms with E-state index < -0.39 is 0 Å². The summed E-state index contributed by atoms with van der Waals surface area (Å²) >= 11 is 0. The van der Waals surface area contributed by atoms with Crippen LogP contribution in [0.2, 0.25) is 0 Å². The first-order valence-electron chi connectivity index (χ1n) is 13.9. The lowest BCUT2D eigenvalue weighted by Gasteiger charge is -2.14. The number of ether oxygens (including phenoxy) is 2. The second-order valence-corrected chi connectivity index (χ2v) is 10.5. The number of hydrogen-bond donors (Lipinski definition) is 1. The van der Waals surface area contributed by atoms with Crippen LogP contribution >= 0.6 is 0 Å². The Labute approximate surface area is 231 Å². The van der Waals surface area contributed by atoms with Gasteiger partial charge in [0.1, 0.15) is 18.1 Å². The molecule has 4 aromatic carbocycles. The summed E-state index contributed by atoms with van der Waals surface area (Å²) in [5, 5.41) is 4.83. The summed E-state index contributed by atoms with van der Waals surface area (Å²) in [6.45, 7) is 4.63. The van der Waals surface area contributed by atoms with Gasteiger partial charge in [-0.2, -0.15) is 0 Å². The second kappa shape index (κ2) is 11.4. The molecule has 1 N–H and O–H groups in total. The van der Waals surface area contributed by atoms with Crippen LogP contribution in [0.5, 0.6) is 11.5 Å². The van der Waals surface area contributed by atoms with E-state index in [0.717, 1.165) is 42.6 Å². The molecule has 6 rings (SSSR count). The average molecular weight is 517 g/mol. The number of fused-ring (bicyclic) bond motifs is 1. The predicted octanol–water partition coefficient (Wildman–Crippen LogP) is 7.55. The Morgan fingerprint density at radius 2 is 1.51 bits per heavy atom. The molecule has 1 aliphatic carbocycles. The van der Waals surface area contributed by atoms with Gasteiger partial charge in [0.05, 0.1) is 12.8 Å². The molecule has 1 fully saturated rings. The molecule has 0 spiro atoms. The van der Waals surface area contributed by atoms with Crippen molar-refractivity contribution in [3.8, 4) is 22.8 Å². The molecule has 39 heavy (non-hydrogen) atoms. The van der Waals surface area contributed by atoms with Crippen molar-refractivity contribution in [2.45, 2.75) is 45.4 Å². The van der Waals surface area contributed by atoms with E-state index in [-0.39, 0.29) is 0 Å². The zero-order valence-electron chi connectivity index (χ0n) is 22.8. The second-order valence-electron chi connectivity index (χ2n) is 10.5. The SMILES string of the molecule is COc1ccc(-c2c(C)c3cc(OCc4ccccc4)ccc3n2Cc2ccc(CCNC3CC3)cc2)cc1. The van der Waals surface area contributed by atoms with Crippen molar-refractivity contribution in [3.63, 3.8) is 0 Å². The highest BCUT2D eigenvalue weighted by molar-refractivity contribution is 5.92. The van der Waals surface area contributed by atoms with Gasteiger partial charge >= 0.3 is 0 Å². The standard InChI is InChI=1S/C35H36N2O2/c1-25-33-22-32(39-24-28-6-4-3-5-7-28)18-19-34(33)37(35(25)29-12-16-31(38-2)17-13-29)23-27-10-8-26(9-11-27)20-21-36-30-14-15-30/h3-13,16-19,22,30,36H,14-15,20-21,23-24H2,1-2H3. The number of rotatable bonds is 11. The minimum atomic E-state index is 0.556. The first-order chi connectivity index (χ1) is 19.2. The summed E-state index contributed by atoms with van der Waals surface area (Å²) in [6.07, 6.45) is 3.74. The average Bonchev–Trinajstić information content (AvgIpc) is 3.77. The van der Waals surface area contributed by atoms with Gasteiger partial charge in [-0.25, -0.2) is 0 Å². The molecule has 0 saturated heterocycles. The predicted molar refractivity (Wildman–Crippen MR) is 160 cm³/mol. The van der Waals surface area contributed by atoms with Crippen molar-refractivity contribution in [1.29, 1.82) is 0 Å². The highest BCUT2D eigenvalue weighted by Gasteiger charge is 2.20. The van der Waals surface area contributed by atoms with E-state index in [2.05, 4.69) is 83.5 Å². The van der Waals surface area contributed by atoms with E-state index in [9.17, 15) is 0 Å². The number of methoxy groups -OCH3 is 1. The Balaban J connectivity index is 1.31. The van der Waals surface area contributed by atoms with Gasteiger partial charge in [0.25, 0.3) is 0 Å². The van der Waals surface area contributed by atoms with E-state index in [1.807, 2.05) is 30.3 Å². The van der Waals surface area contributed by atoms with Crippen molar-refractivity contribution in [3.05, 3.63) is 119 Å². The summed E-state index contributed by atoms with van der Waals surface area (Å²) in [4.78, 5) is 0. The molecule has 5 aromatic rings. The normalized spacial score (nSPS) is 13.1. The van der Waals surface area contributed by atoms with E-state index in [4.69, 9.17) is 9.47 Å². The third-order valence-corrected chi connectivity index (χ3v) is 7.69. The first kappa shape index (κ1) is 25.3. The maximum Gasteiger partial charge on any atom is 0.120 e. The Kier molecular flexibility index (Phi) is 7.38. The van der Waals surface area contributed by atoms with Gasteiger partial charge in [0.15, 0.2) is 0 Å². The molecule has 1 aromatic heterocycles. The van der Waals surface area contributed by atoms with Crippen LogP contribution in [-0.4, -0.2) is 24.3 Å². The topological polar surface area (TPSA) is 35.4 Å². The van der Waals surface area contributed by atoms with Crippen molar-refractivity contribution in [1.82, 2.24) is 9.88 Å². The quantitative estimate of drug-likeness (QED) is 0.197. The molecule has 1 saturated carbocycles. The highest BCUT2D eigenvalue weighted by atomic mass is 16.5. The van der Waals surface area contributed by atoms with E-state index in [1.165, 1.54) is 51.7 Å². The fourth-order valence-corrected chi connectivity index (χ4v) is 5.32. The van der Waals surface area contributed by atoms with Crippen LogP contribution in [-0.2, 0) is 19.6 Å². The Hall–Kier alpha value is -4.02. The monoisotopic (exact) mass is 516 g/mol. The van der Waals surface area contributed by atoms with Gasteiger partial charge in [-0.1, -0.05) is 54.6 Å². The molecule has 0 amide bonds. The van der Waals surface area contributed by atoms with E-state index in [0.29, 0.717) is 6.61 Å². The smallest absolute Gasteiger partial charge is 0.120 e. The maximum absolute atomic E-state index is 6.19. The number of benzene rings is 4. The summed E-state index contributed by atoms with van der Waals surface area (Å²) in [6, 6.07) is 35.1. The minimum absolute atomic E-state index is 0.556.